The third-order valence-corrected chi connectivity index (χ3v) is 7.37. The van der Waals surface area contributed by atoms with E-state index < -0.39 is 11.7 Å². The van der Waals surface area contributed by atoms with Gasteiger partial charge in [0.15, 0.2) is 5.78 Å². The van der Waals surface area contributed by atoms with Gasteiger partial charge in [0.1, 0.15) is 11.3 Å². The summed E-state index contributed by atoms with van der Waals surface area (Å²) in [4.78, 5) is 37.5. The van der Waals surface area contributed by atoms with Gasteiger partial charge in [-0.2, -0.15) is 0 Å². The van der Waals surface area contributed by atoms with E-state index in [1.54, 1.807) is 90.1 Å². The zero-order valence-corrected chi connectivity index (χ0v) is 22.2. The Balaban J connectivity index is 2.04. The fourth-order valence-corrected chi connectivity index (χ4v) is 5.44. The number of nitrogens with one attached hydrogen (secondary N) is 2. The van der Waals surface area contributed by atoms with Crippen molar-refractivity contribution in [3.05, 3.63) is 35.9 Å². The molecule has 8 nitrogen and oxygen atoms in total. The van der Waals surface area contributed by atoms with Crippen molar-refractivity contribution in [2.75, 3.05) is 16.9 Å². The van der Waals surface area contributed by atoms with Crippen molar-refractivity contribution in [2.45, 2.75) is 57.8 Å². The molecule has 0 atom stereocenters. The second-order valence-electron chi connectivity index (χ2n) is 9.46. The molecule has 2 N–H and O–H groups in total. The van der Waals surface area contributed by atoms with Gasteiger partial charge in [0, 0.05) is 37.7 Å². The number of ketones is 1. The molecule has 2 aromatic heterocycles. The van der Waals surface area contributed by atoms with Gasteiger partial charge in [-0.25, -0.2) is 4.79 Å². The number of anilines is 2. The smallest absolute Gasteiger partial charge is 0.412 e. The molecule has 0 saturated carbocycles. The first-order valence-corrected chi connectivity index (χ1v) is 13.2. The summed E-state index contributed by atoms with van der Waals surface area (Å²) in [6.45, 7) is 9.59. The zero-order chi connectivity index (χ0) is 25.0. The fraction of sp³-hybridized carbons (Fsp3) is 0.522. The third-order valence-electron chi connectivity index (χ3n) is 4.69. The first kappa shape index (κ1) is 26.9. The molecule has 2 rings (SSSR count). The maximum absolute atomic E-state index is 12.8. The van der Waals surface area contributed by atoms with Crippen molar-refractivity contribution >= 4 is 50.7 Å². The molecule has 0 saturated heterocycles. The largest absolute Gasteiger partial charge is 0.444 e. The molecule has 0 fully saturated rings. The lowest BCUT2D eigenvalue weighted by molar-refractivity contribution is 0.0635. The average Bonchev–Trinajstić information content (AvgIpc) is 3.20. The molecule has 0 aliphatic rings. The van der Waals surface area contributed by atoms with E-state index in [9.17, 15) is 14.4 Å². The van der Waals surface area contributed by atoms with Crippen LogP contribution in [0.5, 0.6) is 0 Å². The van der Waals surface area contributed by atoms with E-state index in [1.807, 2.05) is 6.26 Å². The van der Waals surface area contributed by atoms with Crippen LogP contribution in [0.15, 0.2) is 24.5 Å². The molecule has 33 heavy (non-hydrogen) atoms. The highest BCUT2D eigenvalue weighted by atomic mass is 33.1. The summed E-state index contributed by atoms with van der Waals surface area (Å²) in [6.07, 6.45) is 5.99. The number of nitrogens with zero attached hydrogens (tertiary/aromatic N) is 2. The van der Waals surface area contributed by atoms with Crippen LogP contribution in [-0.2, 0) is 18.8 Å². The van der Waals surface area contributed by atoms with Crippen LogP contribution in [-0.4, -0.2) is 43.5 Å². The van der Waals surface area contributed by atoms with Crippen molar-refractivity contribution in [1.29, 1.82) is 0 Å². The normalized spacial score (nSPS) is 11.9. The van der Waals surface area contributed by atoms with E-state index >= 15 is 0 Å². The van der Waals surface area contributed by atoms with Crippen LogP contribution >= 0.6 is 21.6 Å². The molecular formula is C23H34N4O4S2. The van der Waals surface area contributed by atoms with Gasteiger partial charge in [0.05, 0.1) is 17.1 Å². The second kappa shape index (κ2) is 10.7. The molecule has 0 radical (unpaired) electrons. The fourth-order valence-electron chi connectivity index (χ4n) is 3.20. The Morgan fingerprint density at radius 2 is 1.48 bits per heavy atom. The molecule has 2 amide bonds. The van der Waals surface area contributed by atoms with Gasteiger partial charge in [-0.3, -0.25) is 14.9 Å². The van der Waals surface area contributed by atoms with Gasteiger partial charge in [0.2, 0.25) is 0 Å². The first-order chi connectivity index (χ1) is 15.2. The Labute approximate surface area is 203 Å². The number of hydrogen-bond donors (Lipinski definition) is 2. The minimum atomic E-state index is -0.620. The van der Waals surface area contributed by atoms with E-state index in [2.05, 4.69) is 24.5 Å². The molecule has 0 spiro atoms. The van der Waals surface area contributed by atoms with E-state index in [0.717, 1.165) is 6.42 Å². The molecule has 0 aromatic carbocycles. The van der Waals surface area contributed by atoms with Crippen LogP contribution in [0, 0.1) is 0 Å². The van der Waals surface area contributed by atoms with Crippen LogP contribution in [0.1, 0.15) is 68.4 Å². The third kappa shape index (κ3) is 8.19. The van der Waals surface area contributed by atoms with Crippen LogP contribution in [0.3, 0.4) is 0 Å². The Kier molecular flexibility index (Phi) is 8.75. The summed E-state index contributed by atoms with van der Waals surface area (Å²) in [7, 11) is 6.96. The summed E-state index contributed by atoms with van der Waals surface area (Å²) < 4.78 is 8.59. The second-order valence-corrected chi connectivity index (χ2v) is 12.6. The number of hydrogen-bond acceptors (Lipinski definition) is 6. The van der Waals surface area contributed by atoms with E-state index in [-0.39, 0.29) is 16.4 Å². The van der Waals surface area contributed by atoms with Crippen LogP contribution in [0.25, 0.3) is 0 Å². The van der Waals surface area contributed by atoms with Gasteiger partial charge in [-0.05, 0) is 59.4 Å². The molecule has 0 aliphatic heterocycles. The molecule has 0 unspecified atom stereocenters. The predicted molar refractivity (Wildman–Crippen MR) is 137 cm³/mol. The first-order valence-electron chi connectivity index (χ1n) is 10.6. The number of aromatic nitrogens is 2. The van der Waals surface area contributed by atoms with Crippen LogP contribution < -0.4 is 10.6 Å². The molecule has 2 aromatic rings. The number of ether oxygens (including phenoxy) is 1. The lowest BCUT2D eigenvalue weighted by atomic mass is 10.0. The summed E-state index contributed by atoms with van der Waals surface area (Å²) in [5.74, 6) is -0.313. The summed E-state index contributed by atoms with van der Waals surface area (Å²) in [6, 6.07) is 3.26. The molecule has 182 valence electrons. The summed E-state index contributed by atoms with van der Waals surface area (Å²) in [5.41, 5.74) is 1.27. The number of carbonyl (C=O) groups is 3. The highest BCUT2D eigenvalue weighted by molar-refractivity contribution is 8.76. The van der Waals surface area contributed by atoms with Crippen molar-refractivity contribution in [3.63, 3.8) is 0 Å². The molecule has 0 aliphatic carbocycles. The van der Waals surface area contributed by atoms with E-state index in [4.69, 9.17) is 4.74 Å². The highest BCUT2D eigenvalue weighted by Crippen LogP contribution is 2.37. The topological polar surface area (TPSA) is 94.4 Å². The molecule has 0 bridgehead atoms. The van der Waals surface area contributed by atoms with Crippen molar-refractivity contribution in [1.82, 2.24) is 9.13 Å². The lowest BCUT2D eigenvalue weighted by Crippen LogP contribution is -2.27. The molecule has 2 heterocycles. The van der Waals surface area contributed by atoms with E-state index in [0.29, 0.717) is 29.2 Å². The zero-order valence-electron chi connectivity index (χ0n) is 20.6. The van der Waals surface area contributed by atoms with Gasteiger partial charge < -0.3 is 19.2 Å². The number of amides is 2. The average molecular weight is 495 g/mol. The van der Waals surface area contributed by atoms with Crippen molar-refractivity contribution < 1.29 is 19.1 Å². The highest BCUT2D eigenvalue weighted by Gasteiger charge is 2.22. The van der Waals surface area contributed by atoms with E-state index in [1.165, 1.54) is 0 Å². The lowest BCUT2D eigenvalue weighted by Gasteiger charge is -2.21. The van der Waals surface area contributed by atoms with Gasteiger partial charge >= 0.3 is 6.09 Å². The number of aryl methyl sites for hydroxylation is 2. The quantitative estimate of drug-likeness (QED) is 0.342. The van der Waals surface area contributed by atoms with Gasteiger partial charge in [-0.15, -0.1) is 0 Å². The summed E-state index contributed by atoms with van der Waals surface area (Å²) >= 11 is 0. The maximum atomic E-state index is 12.8. The minimum Gasteiger partial charge on any atom is -0.444 e. The molecule has 10 heteroatoms. The SMILES string of the molecule is CSSC(C)(C)CCC(=O)c1cc(NC(=O)c2cc(NC(=O)OC(C)(C)C)cn2C)cn1C. The summed E-state index contributed by atoms with van der Waals surface area (Å²) in [5, 5.41) is 5.46. The van der Waals surface area contributed by atoms with Gasteiger partial charge in [0.25, 0.3) is 5.91 Å². The Bertz CT molecular complexity index is 1020. The number of carbonyl (C=O) groups excluding carboxylic acids is 3. The number of rotatable bonds is 9. The van der Waals surface area contributed by atoms with Crippen molar-refractivity contribution in [2.24, 2.45) is 14.1 Å². The van der Waals surface area contributed by atoms with Crippen molar-refractivity contribution in [3.8, 4) is 0 Å². The Morgan fingerprint density at radius 3 is 2.06 bits per heavy atom. The predicted octanol–water partition coefficient (Wildman–Crippen LogP) is 5.72. The Hall–Kier alpha value is -2.33. The monoisotopic (exact) mass is 494 g/mol. The van der Waals surface area contributed by atoms with Crippen LogP contribution in [0.4, 0.5) is 16.2 Å². The Morgan fingerprint density at radius 1 is 0.939 bits per heavy atom. The van der Waals surface area contributed by atoms with Crippen LogP contribution in [0.2, 0.25) is 0 Å². The van der Waals surface area contributed by atoms with Gasteiger partial charge in [-0.1, -0.05) is 21.6 Å². The number of Topliss-reactive ketones (excluding diaryl/α,β-unsaturated/α-hetero) is 1. The standard InChI is InChI=1S/C23H34N4O4S2/c1-22(2,3)31-21(30)25-16-12-18(27(7)14-16)20(29)24-15-11-17(26(6)13-15)19(28)9-10-23(4,5)33-32-8/h11-14H,9-10H2,1-8H3,(H,24,29)(H,25,30). The maximum Gasteiger partial charge on any atom is 0.412 e. The molecular weight excluding hydrogens is 460 g/mol. The minimum absolute atomic E-state index is 0.00880.